The average Bonchev–Trinajstić information content (AvgIpc) is 3.77. The van der Waals surface area contributed by atoms with E-state index < -0.39 is 0 Å². The molecule has 0 aliphatic heterocycles. The predicted octanol–water partition coefficient (Wildman–Crippen LogP) is 3.03. The van der Waals surface area contributed by atoms with Gasteiger partial charge in [-0.1, -0.05) is 18.2 Å². The maximum Gasteiger partial charge on any atom is 0.251 e. The number of imidazole rings is 1. The number of carbonyl (C=O) groups excluding carboxylic acids is 3. The van der Waals surface area contributed by atoms with Gasteiger partial charge in [-0.15, -0.1) is 0 Å². The van der Waals surface area contributed by atoms with E-state index in [9.17, 15) is 14.4 Å². The molecule has 0 spiro atoms. The van der Waals surface area contributed by atoms with E-state index in [4.69, 9.17) is 5.73 Å². The van der Waals surface area contributed by atoms with Gasteiger partial charge in [-0.05, 0) is 68.4 Å². The minimum Gasteiger partial charge on any atom is -0.383 e. The minimum atomic E-state index is -0.367. The fourth-order valence-electron chi connectivity index (χ4n) is 3.83. The van der Waals surface area contributed by atoms with Crippen LogP contribution in [0.4, 0.5) is 5.82 Å². The number of carbonyl (C=O) groups is 3. The van der Waals surface area contributed by atoms with Crippen molar-refractivity contribution in [1.82, 2.24) is 20.2 Å². The van der Waals surface area contributed by atoms with E-state index in [-0.39, 0.29) is 35.2 Å². The number of hydrogen-bond acceptors (Lipinski definition) is 5. The van der Waals surface area contributed by atoms with Gasteiger partial charge in [0.1, 0.15) is 12.1 Å². The van der Waals surface area contributed by atoms with E-state index in [1.807, 2.05) is 13.0 Å². The van der Waals surface area contributed by atoms with Crippen LogP contribution in [-0.4, -0.2) is 39.7 Å². The van der Waals surface area contributed by atoms with Gasteiger partial charge in [-0.25, -0.2) is 4.98 Å². The zero-order valence-electron chi connectivity index (χ0n) is 19.0. The SMILES string of the molecule is Cc1ccc(C(=O)NC2CC2)cc1-n1cnc(C(=O)c2cccc(C(=O)NCC3CC3)c2)c1N. The second kappa shape index (κ2) is 8.78. The third-order valence-corrected chi connectivity index (χ3v) is 6.30. The van der Waals surface area contributed by atoms with Crippen molar-refractivity contribution in [3.63, 3.8) is 0 Å². The largest absolute Gasteiger partial charge is 0.383 e. The van der Waals surface area contributed by atoms with Crippen molar-refractivity contribution < 1.29 is 14.4 Å². The first-order chi connectivity index (χ1) is 16.4. The summed E-state index contributed by atoms with van der Waals surface area (Å²) in [6.07, 6.45) is 5.80. The van der Waals surface area contributed by atoms with Gasteiger partial charge in [0.2, 0.25) is 5.78 Å². The molecular weight excluding hydrogens is 430 g/mol. The molecule has 3 aromatic rings. The molecule has 5 rings (SSSR count). The molecule has 2 saturated carbocycles. The van der Waals surface area contributed by atoms with Crippen LogP contribution in [0.25, 0.3) is 5.69 Å². The van der Waals surface area contributed by atoms with Crippen molar-refractivity contribution in [1.29, 1.82) is 0 Å². The number of amides is 2. The molecule has 8 heteroatoms. The van der Waals surface area contributed by atoms with Crippen molar-refractivity contribution in [2.45, 2.75) is 38.6 Å². The Morgan fingerprint density at radius 1 is 1.00 bits per heavy atom. The van der Waals surface area contributed by atoms with Crippen molar-refractivity contribution in [3.8, 4) is 5.69 Å². The third kappa shape index (κ3) is 4.57. The topological polar surface area (TPSA) is 119 Å². The monoisotopic (exact) mass is 457 g/mol. The number of ketones is 1. The Morgan fingerprint density at radius 2 is 1.74 bits per heavy atom. The van der Waals surface area contributed by atoms with E-state index >= 15 is 0 Å². The van der Waals surface area contributed by atoms with Crippen LogP contribution >= 0.6 is 0 Å². The number of nitrogens with zero attached hydrogens (tertiary/aromatic N) is 2. The molecular formula is C26H27N5O3. The van der Waals surface area contributed by atoms with Crippen LogP contribution in [0.1, 0.15) is 68.0 Å². The Morgan fingerprint density at radius 3 is 2.47 bits per heavy atom. The van der Waals surface area contributed by atoms with E-state index in [1.54, 1.807) is 41.0 Å². The summed E-state index contributed by atoms with van der Waals surface area (Å²) in [5, 5.41) is 5.89. The number of aromatic nitrogens is 2. The molecule has 1 aromatic heterocycles. The van der Waals surface area contributed by atoms with Crippen molar-refractivity contribution in [3.05, 3.63) is 76.7 Å². The first-order valence-corrected chi connectivity index (χ1v) is 11.6. The molecule has 2 fully saturated rings. The summed E-state index contributed by atoms with van der Waals surface area (Å²) in [4.78, 5) is 42.4. The Kier molecular flexibility index (Phi) is 5.65. The van der Waals surface area contributed by atoms with Crippen LogP contribution < -0.4 is 16.4 Å². The summed E-state index contributed by atoms with van der Waals surface area (Å²) >= 11 is 0. The molecule has 2 amide bonds. The van der Waals surface area contributed by atoms with Crippen LogP contribution in [0.15, 0.2) is 48.8 Å². The molecule has 8 nitrogen and oxygen atoms in total. The highest BCUT2D eigenvalue weighted by molar-refractivity contribution is 6.11. The van der Waals surface area contributed by atoms with Crippen molar-refractivity contribution in [2.24, 2.45) is 5.92 Å². The number of hydrogen-bond donors (Lipinski definition) is 3. The lowest BCUT2D eigenvalue weighted by Gasteiger charge is -2.12. The zero-order chi connectivity index (χ0) is 23.8. The number of anilines is 1. The summed E-state index contributed by atoms with van der Waals surface area (Å²) in [5.41, 5.74) is 9.31. The second-order valence-corrected chi connectivity index (χ2v) is 9.16. The molecule has 0 atom stereocenters. The highest BCUT2D eigenvalue weighted by Crippen LogP contribution is 2.28. The van der Waals surface area contributed by atoms with Crippen LogP contribution in [0.5, 0.6) is 0 Å². The number of rotatable bonds is 8. The normalized spacial score (nSPS) is 15.1. The zero-order valence-corrected chi connectivity index (χ0v) is 19.0. The number of nitrogen functional groups attached to an aromatic ring is 1. The lowest BCUT2D eigenvalue weighted by Crippen LogP contribution is -2.25. The molecule has 0 bridgehead atoms. The van der Waals surface area contributed by atoms with Crippen LogP contribution in [0.2, 0.25) is 0 Å². The number of nitrogens with one attached hydrogen (secondary N) is 2. The lowest BCUT2D eigenvalue weighted by atomic mass is 10.0. The minimum absolute atomic E-state index is 0.0998. The molecule has 1 heterocycles. The highest BCUT2D eigenvalue weighted by Gasteiger charge is 2.25. The molecule has 2 aliphatic carbocycles. The Labute approximate surface area is 197 Å². The first-order valence-electron chi connectivity index (χ1n) is 11.6. The van der Waals surface area contributed by atoms with E-state index in [0.29, 0.717) is 34.8 Å². The standard InChI is InChI=1S/C26H27N5O3/c1-15-5-8-19(26(34)30-20-9-10-20)12-21(15)31-14-29-22(24(31)27)23(32)17-3-2-4-18(11-17)25(33)28-13-16-6-7-16/h2-5,8,11-12,14,16,20H,6-7,9-10,13,27H2,1H3,(H,28,33)(H,30,34). The molecule has 0 unspecified atom stereocenters. The third-order valence-electron chi connectivity index (χ3n) is 6.30. The van der Waals surface area contributed by atoms with Gasteiger partial charge in [0.05, 0.1) is 5.69 Å². The molecule has 2 aromatic carbocycles. The van der Waals surface area contributed by atoms with E-state index in [1.165, 1.54) is 6.33 Å². The van der Waals surface area contributed by atoms with Gasteiger partial charge < -0.3 is 16.4 Å². The van der Waals surface area contributed by atoms with Gasteiger partial charge in [-0.2, -0.15) is 0 Å². The highest BCUT2D eigenvalue weighted by atomic mass is 16.2. The Bertz CT molecular complexity index is 1290. The Balaban J connectivity index is 1.39. The smallest absolute Gasteiger partial charge is 0.251 e. The number of nitrogens with two attached hydrogens (primary N) is 1. The van der Waals surface area contributed by atoms with Gasteiger partial charge in [0.15, 0.2) is 5.69 Å². The average molecular weight is 458 g/mol. The van der Waals surface area contributed by atoms with Gasteiger partial charge in [0.25, 0.3) is 11.8 Å². The summed E-state index contributed by atoms with van der Waals surface area (Å²) < 4.78 is 1.61. The molecule has 34 heavy (non-hydrogen) atoms. The summed E-state index contributed by atoms with van der Waals surface area (Å²) in [5.74, 6) is 0.0524. The maximum absolute atomic E-state index is 13.2. The van der Waals surface area contributed by atoms with E-state index in [2.05, 4.69) is 15.6 Å². The second-order valence-electron chi connectivity index (χ2n) is 9.16. The molecule has 0 radical (unpaired) electrons. The molecule has 174 valence electrons. The lowest BCUT2D eigenvalue weighted by molar-refractivity contribution is 0.0943. The first kappa shape index (κ1) is 21.9. The maximum atomic E-state index is 13.2. The van der Waals surface area contributed by atoms with Crippen molar-refractivity contribution in [2.75, 3.05) is 12.3 Å². The van der Waals surface area contributed by atoms with E-state index in [0.717, 1.165) is 31.2 Å². The molecule has 0 saturated heterocycles. The number of aryl methyl sites for hydroxylation is 1. The summed E-state index contributed by atoms with van der Waals surface area (Å²) in [7, 11) is 0. The van der Waals surface area contributed by atoms with Crippen LogP contribution in [0, 0.1) is 12.8 Å². The van der Waals surface area contributed by atoms with Gasteiger partial charge in [-0.3, -0.25) is 19.0 Å². The summed E-state index contributed by atoms with van der Waals surface area (Å²) in [6, 6.07) is 12.2. The van der Waals surface area contributed by atoms with Gasteiger partial charge >= 0.3 is 0 Å². The summed E-state index contributed by atoms with van der Waals surface area (Å²) in [6.45, 7) is 2.56. The quantitative estimate of drug-likeness (QED) is 0.449. The molecule has 2 aliphatic rings. The predicted molar refractivity (Wildman–Crippen MR) is 128 cm³/mol. The Hall–Kier alpha value is -3.94. The fraction of sp³-hybridized carbons (Fsp3) is 0.308. The van der Waals surface area contributed by atoms with Gasteiger partial charge in [0, 0.05) is 29.3 Å². The van der Waals surface area contributed by atoms with Crippen molar-refractivity contribution >= 4 is 23.4 Å². The fourth-order valence-corrected chi connectivity index (χ4v) is 3.83. The number of benzene rings is 2. The molecule has 4 N–H and O–H groups in total. The van der Waals surface area contributed by atoms with Crippen LogP contribution in [-0.2, 0) is 0 Å². The van der Waals surface area contributed by atoms with Crippen LogP contribution in [0.3, 0.4) is 0 Å².